The molecule has 2 aromatic carbocycles. The van der Waals surface area contributed by atoms with Crippen LogP contribution < -0.4 is 20.1 Å². The number of methoxy groups -OCH3 is 2. The Kier molecular flexibility index (Phi) is 10.7. The number of guanidine groups is 1. The molecule has 0 aliphatic heterocycles. The Morgan fingerprint density at radius 3 is 2.38 bits per heavy atom. The Hall–Kier alpha value is -2.07. The molecule has 1 atom stereocenters. The molecule has 0 aliphatic carbocycles. The minimum atomic E-state index is -0.247. The molecule has 0 saturated carbocycles. The molecular formula is C21H30FIN4O2. The number of aliphatic imine (C=N–C) groups is 1. The van der Waals surface area contributed by atoms with Crippen LogP contribution in [0.5, 0.6) is 11.5 Å². The highest BCUT2D eigenvalue weighted by molar-refractivity contribution is 14.0. The van der Waals surface area contributed by atoms with Gasteiger partial charge in [0.15, 0.2) is 17.5 Å². The summed E-state index contributed by atoms with van der Waals surface area (Å²) in [6.45, 7) is 1.12. The highest BCUT2D eigenvalue weighted by Crippen LogP contribution is 2.31. The molecule has 0 aromatic heterocycles. The second-order valence-electron chi connectivity index (χ2n) is 6.53. The number of rotatable bonds is 8. The fourth-order valence-electron chi connectivity index (χ4n) is 2.91. The molecule has 0 saturated heterocycles. The molecule has 160 valence electrons. The summed E-state index contributed by atoms with van der Waals surface area (Å²) in [5, 5.41) is 6.54. The van der Waals surface area contributed by atoms with E-state index in [0.717, 1.165) is 11.1 Å². The Morgan fingerprint density at radius 1 is 1.07 bits per heavy atom. The van der Waals surface area contributed by atoms with Gasteiger partial charge in [0, 0.05) is 20.1 Å². The van der Waals surface area contributed by atoms with Crippen molar-refractivity contribution in [3.05, 3.63) is 59.4 Å². The summed E-state index contributed by atoms with van der Waals surface area (Å²) in [4.78, 5) is 6.37. The first kappa shape index (κ1) is 25.0. The molecule has 2 N–H and O–H groups in total. The third-order valence-corrected chi connectivity index (χ3v) is 4.45. The van der Waals surface area contributed by atoms with Gasteiger partial charge in [0.25, 0.3) is 0 Å². The molecular weight excluding hydrogens is 486 g/mol. The number of ether oxygens (including phenoxy) is 2. The maximum absolute atomic E-state index is 13.3. The fourth-order valence-corrected chi connectivity index (χ4v) is 2.91. The van der Waals surface area contributed by atoms with E-state index < -0.39 is 0 Å². The third-order valence-electron chi connectivity index (χ3n) is 4.45. The number of halogens is 2. The predicted octanol–water partition coefficient (Wildman–Crippen LogP) is 3.43. The highest BCUT2D eigenvalue weighted by atomic mass is 127. The van der Waals surface area contributed by atoms with Gasteiger partial charge < -0.3 is 25.0 Å². The molecule has 0 heterocycles. The van der Waals surface area contributed by atoms with E-state index in [0.29, 0.717) is 30.5 Å². The molecule has 0 amide bonds. The van der Waals surface area contributed by atoms with Crippen molar-refractivity contribution in [3.8, 4) is 11.5 Å². The van der Waals surface area contributed by atoms with E-state index in [4.69, 9.17) is 9.47 Å². The lowest BCUT2D eigenvalue weighted by atomic mass is 10.1. The largest absolute Gasteiger partial charge is 0.493 e. The third kappa shape index (κ3) is 7.36. The van der Waals surface area contributed by atoms with Crippen molar-refractivity contribution in [3.63, 3.8) is 0 Å². The van der Waals surface area contributed by atoms with Gasteiger partial charge in [-0.05, 0) is 49.5 Å². The lowest BCUT2D eigenvalue weighted by Crippen LogP contribution is -2.41. The molecule has 29 heavy (non-hydrogen) atoms. The Balaban J connectivity index is 0.00000420. The van der Waals surface area contributed by atoms with Crippen molar-refractivity contribution in [1.29, 1.82) is 0 Å². The van der Waals surface area contributed by atoms with Crippen LogP contribution in [0.3, 0.4) is 0 Å². The van der Waals surface area contributed by atoms with Gasteiger partial charge in [-0.15, -0.1) is 24.0 Å². The predicted molar refractivity (Wildman–Crippen MR) is 126 cm³/mol. The summed E-state index contributed by atoms with van der Waals surface area (Å²) in [5.74, 6) is 1.80. The van der Waals surface area contributed by atoms with Gasteiger partial charge in [0.05, 0.1) is 20.3 Å². The van der Waals surface area contributed by atoms with Gasteiger partial charge in [-0.3, -0.25) is 4.99 Å². The van der Waals surface area contributed by atoms with Crippen LogP contribution in [-0.4, -0.2) is 52.8 Å². The van der Waals surface area contributed by atoms with Crippen molar-refractivity contribution in [2.24, 2.45) is 4.99 Å². The number of hydrogen-bond donors (Lipinski definition) is 2. The summed E-state index contributed by atoms with van der Waals surface area (Å²) in [7, 11) is 9.00. The van der Waals surface area contributed by atoms with Crippen LogP contribution in [0.1, 0.15) is 17.2 Å². The van der Waals surface area contributed by atoms with Crippen molar-refractivity contribution in [2.45, 2.75) is 12.6 Å². The van der Waals surface area contributed by atoms with Crippen LogP contribution in [0.15, 0.2) is 47.5 Å². The maximum Gasteiger partial charge on any atom is 0.191 e. The number of benzene rings is 2. The smallest absolute Gasteiger partial charge is 0.191 e. The first-order chi connectivity index (χ1) is 13.5. The van der Waals surface area contributed by atoms with E-state index in [9.17, 15) is 4.39 Å². The van der Waals surface area contributed by atoms with Crippen LogP contribution in [0.4, 0.5) is 4.39 Å². The van der Waals surface area contributed by atoms with Crippen LogP contribution >= 0.6 is 24.0 Å². The minimum absolute atomic E-state index is 0. The number of likely N-dealkylation sites (N-methyl/N-ethyl adjacent to an activating group) is 1. The summed E-state index contributed by atoms with van der Waals surface area (Å²) in [6.07, 6.45) is 0. The molecule has 0 bridgehead atoms. The zero-order valence-corrected chi connectivity index (χ0v) is 19.9. The molecule has 6 nitrogen and oxygen atoms in total. The highest BCUT2D eigenvalue weighted by Gasteiger charge is 2.17. The topological polar surface area (TPSA) is 58.1 Å². The lowest BCUT2D eigenvalue weighted by Gasteiger charge is -2.26. The number of nitrogens with one attached hydrogen (secondary N) is 2. The first-order valence-corrected chi connectivity index (χ1v) is 9.05. The van der Waals surface area contributed by atoms with E-state index in [1.165, 1.54) is 12.1 Å². The van der Waals surface area contributed by atoms with Gasteiger partial charge in [-0.25, -0.2) is 4.39 Å². The SMILES string of the molecule is CN=C(NCc1cccc(F)c1)NCC(c1ccc(OC)c(OC)c1)N(C)C.I. The normalized spacial score (nSPS) is 12.2. The Morgan fingerprint density at radius 2 is 1.79 bits per heavy atom. The zero-order valence-electron chi connectivity index (χ0n) is 17.5. The van der Waals surface area contributed by atoms with Crippen molar-refractivity contribution in [2.75, 3.05) is 41.9 Å². The Bertz CT molecular complexity index is 802. The molecule has 0 radical (unpaired) electrons. The van der Waals surface area contributed by atoms with E-state index in [2.05, 4.69) is 20.5 Å². The molecule has 0 spiro atoms. The van der Waals surface area contributed by atoms with Crippen molar-refractivity contribution >= 4 is 29.9 Å². The van der Waals surface area contributed by atoms with Gasteiger partial charge >= 0.3 is 0 Å². The summed E-state index contributed by atoms with van der Waals surface area (Å²) >= 11 is 0. The fraction of sp³-hybridized carbons (Fsp3) is 0.381. The van der Waals surface area contributed by atoms with E-state index in [-0.39, 0.29) is 35.8 Å². The second-order valence-corrected chi connectivity index (χ2v) is 6.53. The molecule has 8 heteroatoms. The van der Waals surface area contributed by atoms with Crippen LogP contribution in [-0.2, 0) is 6.54 Å². The summed E-state index contributed by atoms with van der Waals surface area (Å²) in [5.41, 5.74) is 1.95. The monoisotopic (exact) mass is 516 g/mol. The molecule has 2 aromatic rings. The van der Waals surface area contributed by atoms with Crippen molar-refractivity contribution < 1.29 is 13.9 Å². The van der Waals surface area contributed by atoms with E-state index in [1.807, 2.05) is 38.4 Å². The molecule has 0 aliphatic rings. The Labute approximate surface area is 189 Å². The van der Waals surface area contributed by atoms with E-state index >= 15 is 0 Å². The van der Waals surface area contributed by atoms with E-state index in [1.54, 1.807) is 27.3 Å². The van der Waals surface area contributed by atoms with Gasteiger partial charge in [-0.2, -0.15) is 0 Å². The molecule has 0 fully saturated rings. The molecule has 1 unspecified atom stereocenters. The van der Waals surface area contributed by atoms with Gasteiger partial charge in [-0.1, -0.05) is 18.2 Å². The van der Waals surface area contributed by atoms with Gasteiger partial charge in [0.2, 0.25) is 0 Å². The van der Waals surface area contributed by atoms with Crippen LogP contribution in [0, 0.1) is 5.82 Å². The lowest BCUT2D eigenvalue weighted by molar-refractivity contribution is 0.295. The maximum atomic E-state index is 13.3. The average molecular weight is 516 g/mol. The zero-order chi connectivity index (χ0) is 20.5. The number of nitrogens with zero attached hydrogens (tertiary/aromatic N) is 2. The van der Waals surface area contributed by atoms with Crippen molar-refractivity contribution in [1.82, 2.24) is 15.5 Å². The minimum Gasteiger partial charge on any atom is -0.493 e. The second kappa shape index (κ2) is 12.5. The van der Waals surface area contributed by atoms with Crippen LogP contribution in [0.25, 0.3) is 0 Å². The average Bonchev–Trinajstić information content (AvgIpc) is 2.70. The quantitative estimate of drug-likeness (QED) is 0.320. The number of hydrogen-bond acceptors (Lipinski definition) is 4. The van der Waals surface area contributed by atoms with Crippen LogP contribution in [0.2, 0.25) is 0 Å². The standard InChI is InChI=1S/C21H29FN4O2.HI/c1-23-21(24-13-15-7-6-8-17(22)11-15)25-14-18(26(2)3)16-9-10-19(27-4)20(12-16)28-5;/h6-12,18H,13-14H2,1-5H3,(H2,23,24,25);1H. The first-order valence-electron chi connectivity index (χ1n) is 9.05. The molecule has 2 rings (SSSR count). The summed E-state index contributed by atoms with van der Waals surface area (Å²) in [6, 6.07) is 12.5. The van der Waals surface area contributed by atoms with Gasteiger partial charge in [0.1, 0.15) is 5.82 Å². The summed E-state index contributed by atoms with van der Waals surface area (Å²) < 4.78 is 24.1.